The summed E-state index contributed by atoms with van der Waals surface area (Å²) in [4.78, 5) is 7.63. The zero-order chi connectivity index (χ0) is 16.0. The lowest BCUT2D eigenvalue weighted by atomic mass is 10.1. The van der Waals surface area contributed by atoms with Crippen molar-refractivity contribution >= 4 is 17.1 Å². The number of nitrogen functional groups attached to an aromatic ring is 1. The molecule has 5 N–H and O–H groups in total. The summed E-state index contributed by atoms with van der Waals surface area (Å²) < 4.78 is 8.48. The van der Waals surface area contributed by atoms with Crippen molar-refractivity contribution in [2.45, 2.75) is 38.0 Å². The Bertz CT molecular complexity index is 705. The number of anilines is 1. The van der Waals surface area contributed by atoms with Crippen LogP contribution in [-0.4, -0.2) is 54.8 Å². The highest BCUT2D eigenvalue weighted by atomic mass is 16.6. The molecule has 3 rings (SSSR count). The summed E-state index contributed by atoms with van der Waals surface area (Å²) >= 11 is 0. The first-order chi connectivity index (χ1) is 10.5. The van der Waals surface area contributed by atoms with E-state index in [4.69, 9.17) is 15.6 Å². The van der Waals surface area contributed by atoms with E-state index in [0.29, 0.717) is 6.54 Å². The number of aromatic nitrogens is 4. The highest BCUT2D eigenvalue weighted by Crippen LogP contribution is 2.28. The van der Waals surface area contributed by atoms with Crippen molar-refractivity contribution in [3.8, 4) is 5.88 Å². The smallest absolute Gasteiger partial charge is 0.309 e. The third kappa shape index (κ3) is 2.08. The van der Waals surface area contributed by atoms with Crippen LogP contribution in [0.5, 0.6) is 5.88 Å². The van der Waals surface area contributed by atoms with Gasteiger partial charge < -0.3 is 30.9 Å². The van der Waals surface area contributed by atoms with Crippen LogP contribution in [0.25, 0.3) is 11.2 Å². The molecule has 4 atom stereocenters. The minimum Gasteiger partial charge on any atom is -0.856 e. The fourth-order valence-electron chi connectivity index (χ4n) is 2.67. The molecule has 0 aromatic carbocycles. The van der Waals surface area contributed by atoms with Gasteiger partial charge in [-0.15, -0.1) is 0 Å². The van der Waals surface area contributed by atoms with Crippen molar-refractivity contribution < 1.29 is 29.7 Å². The third-order valence-electron chi connectivity index (χ3n) is 3.78. The first-order valence-corrected chi connectivity index (χ1v) is 6.84. The van der Waals surface area contributed by atoms with Crippen LogP contribution in [0.1, 0.15) is 13.2 Å². The van der Waals surface area contributed by atoms with Gasteiger partial charge in [0.25, 0.3) is 5.95 Å². The quantitative estimate of drug-likeness (QED) is 0.437. The number of aryl methyl sites for hydroxylation is 1. The van der Waals surface area contributed by atoms with Gasteiger partial charge >= 0.3 is 5.65 Å². The molecular weight excluding hydrogens is 294 g/mol. The van der Waals surface area contributed by atoms with Gasteiger partial charge in [0.05, 0.1) is 13.2 Å². The van der Waals surface area contributed by atoms with E-state index in [2.05, 4.69) is 9.97 Å². The number of hydrogen-bond acceptors (Lipinski definition) is 8. The second-order valence-corrected chi connectivity index (χ2v) is 5.10. The van der Waals surface area contributed by atoms with Crippen LogP contribution in [0.4, 0.5) is 5.95 Å². The molecule has 1 fully saturated rings. The Balaban J connectivity index is 2.15. The standard InChI is InChI=1S/C12H17N5O5/c1-2-16-4-17(9-6(16)10(21)15-12(13)14-9)11-8(20)7(19)5(3-18)22-11/h4-5,7-8,11,18-20H,2-3H2,1H3,(H2-,13,14,15,21)/t5-,7-,8-,11-/m1/s1. The molecule has 120 valence electrons. The molecule has 0 unspecified atom stereocenters. The molecule has 1 aliphatic heterocycles. The molecule has 0 saturated carbocycles. The van der Waals surface area contributed by atoms with Gasteiger partial charge in [-0.25, -0.2) is 9.55 Å². The van der Waals surface area contributed by atoms with Gasteiger partial charge in [0.15, 0.2) is 11.8 Å². The number of aliphatic hydroxyl groups excluding tert-OH is 3. The van der Waals surface area contributed by atoms with Crippen LogP contribution in [0, 0.1) is 0 Å². The summed E-state index contributed by atoms with van der Waals surface area (Å²) in [6, 6.07) is 0. The van der Waals surface area contributed by atoms with Crippen molar-refractivity contribution in [3.05, 3.63) is 6.33 Å². The van der Waals surface area contributed by atoms with Gasteiger partial charge in [-0.2, -0.15) is 0 Å². The summed E-state index contributed by atoms with van der Waals surface area (Å²) in [5.74, 6) is -0.721. The predicted molar refractivity (Wildman–Crippen MR) is 70.3 cm³/mol. The Morgan fingerprint density at radius 2 is 2.14 bits per heavy atom. The Hall–Kier alpha value is -2.01. The first kappa shape index (κ1) is 14.9. The average molecular weight is 311 g/mol. The lowest BCUT2D eigenvalue weighted by Gasteiger charge is -2.12. The molecule has 3 heterocycles. The van der Waals surface area contributed by atoms with E-state index < -0.39 is 37.0 Å². The molecule has 22 heavy (non-hydrogen) atoms. The first-order valence-electron chi connectivity index (χ1n) is 6.84. The van der Waals surface area contributed by atoms with Crippen LogP contribution < -0.4 is 15.4 Å². The second-order valence-electron chi connectivity index (χ2n) is 5.10. The third-order valence-corrected chi connectivity index (χ3v) is 3.78. The summed E-state index contributed by atoms with van der Waals surface area (Å²) in [6.07, 6.45) is -2.88. The largest absolute Gasteiger partial charge is 0.856 e. The number of rotatable bonds is 3. The fourth-order valence-corrected chi connectivity index (χ4v) is 2.67. The Kier molecular flexibility index (Phi) is 3.60. The van der Waals surface area contributed by atoms with E-state index in [0.717, 1.165) is 0 Å². The van der Waals surface area contributed by atoms with Gasteiger partial charge in [-0.3, -0.25) is 4.57 Å². The summed E-state index contributed by atoms with van der Waals surface area (Å²) in [6.45, 7) is 1.86. The van der Waals surface area contributed by atoms with Gasteiger partial charge in [-0.1, -0.05) is 4.98 Å². The predicted octanol–water partition coefficient (Wildman–Crippen LogP) is -2.99. The number of fused-ring (bicyclic) bond motifs is 1. The highest BCUT2D eigenvalue weighted by Gasteiger charge is 2.46. The van der Waals surface area contributed by atoms with Crippen molar-refractivity contribution in [3.63, 3.8) is 0 Å². The van der Waals surface area contributed by atoms with Crippen LogP contribution in [0.15, 0.2) is 6.33 Å². The Morgan fingerprint density at radius 3 is 2.73 bits per heavy atom. The normalized spacial score (nSPS) is 28.5. The monoisotopic (exact) mass is 311 g/mol. The van der Waals surface area contributed by atoms with Gasteiger partial charge in [0.2, 0.25) is 6.23 Å². The maximum Gasteiger partial charge on any atom is 0.309 e. The van der Waals surface area contributed by atoms with Crippen LogP contribution in [-0.2, 0) is 11.3 Å². The summed E-state index contributed by atoms with van der Waals surface area (Å²) in [5, 5.41) is 41.2. The molecule has 2 aromatic heterocycles. The van der Waals surface area contributed by atoms with Crippen molar-refractivity contribution in [2.75, 3.05) is 12.3 Å². The van der Waals surface area contributed by atoms with Gasteiger partial charge in [-0.05, 0) is 6.92 Å². The lowest BCUT2D eigenvalue weighted by Crippen LogP contribution is -2.46. The summed E-state index contributed by atoms with van der Waals surface area (Å²) in [7, 11) is 0. The van der Waals surface area contributed by atoms with Crippen molar-refractivity contribution in [1.82, 2.24) is 14.5 Å². The fraction of sp³-hybridized carbons (Fsp3) is 0.583. The minimum atomic E-state index is -1.27. The lowest BCUT2D eigenvalue weighted by molar-refractivity contribution is -0.746. The number of aliphatic hydroxyl groups is 3. The molecule has 0 spiro atoms. The average Bonchev–Trinajstić information content (AvgIpc) is 2.98. The molecule has 1 saturated heterocycles. The van der Waals surface area contributed by atoms with E-state index in [1.807, 2.05) is 6.92 Å². The molecule has 10 heteroatoms. The van der Waals surface area contributed by atoms with Crippen LogP contribution in [0.2, 0.25) is 0 Å². The van der Waals surface area contributed by atoms with Gasteiger partial charge in [0.1, 0.15) is 18.3 Å². The van der Waals surface area contributed by atoms with E-state index in [1.54, 1.807) is 10.9 Å². The van der Waals surface area contributed by atoms with E-state index >= 15 is 0 Å². The number of nitrogens with zero attached hydrogens (tertiary/aromatic N) is 4. The van der Waals surface area contributed by atoms with Crippen LogP contribution in [0.3, 0.4) is 0 Å². The molecule has 10 nitrogen and oxygen atoms in total. The number of ether oxygens (including phenoxy) is 1. The Labute approximate surface area is 125 Å². The molecule has 0 radical (unpaired) electrons. The van der Waals surface area contributed by atoms with E-state index in [9.17, 15) is 15.3 Å². The second kappa shape index (κ2) is 5.32. The van der Waals surface area contributed by atoms with Crippen LogP contribution >= 0.6 is 0 Å². The van der Waals surface area contributed by atoms with Gasteiger partial charge in [0, 0.05) is 5.88 Å². The highest BCUT2D eigenvalue weighted by molar-refractivity contribution is 5.74. The molecule has 0 bridgehead atoms. The molecule has 0 aliphatic carbocycles. The number of hydrogen-bond donors (Lipinski definition) is 4. The maximum absolute atomic E-state index is 12.0. The zero-order valence-electron chi connectivity index (χ0n) is 11.8. The molecule has 2 aromatic rings. The topological polar surface area (TPSA) is 154 Å². The SMILES string of the molecule is CCn1c[n+]([C@@H]2O[C@H](CO)[C@@H](O)[C@H]2O)c2nc(N)nc([O-])c21. The molecule has 1 aliphatic rings. The van der Waals surface area contributed by atoms with E-state index in [-0.39, 0.29) is 17.1 Å². The van der Waals surface area contributed by atoms with E-state index in [1.165, 1.54) is 4.57 Å². The molecular formula is C12H17N5O5. The maximum atomic E-state index is 12.0. The number of imidazole rings is 1. The summed E-state index contributed by atoms with van der Waals surface area (Å²) in [5.41, 5.74) is 5.95. The Morgan fingerprint density at radius 1 is 1.41 bits per heavy atom. The number of nitrogens with two attached hydrogens (primary N) is 1. The minimum absolute atomic E-state index is 0.188. The molecule has 0 amide bonds. The zero-order valence-corrected chi connectivity index (χ0v) is 11.8. The van der Waals surface area contributed by atoms with Crippen molar-refractivity contribution in [1.29, 1.82) is 0 Å². The van der Waals surface area contributed by atoms with Crippen molar-refractivity contribution in [2.24, 2.45) is 0 Å².